The molecule has 0 bridgehead atoms. The Hall–Kier alpha value is -3.58. The maximum atomic E-state index is 13.0. The fourth-order valence-electron chi connectivity index (χ4n) is 3.96. The van der Waals surface area contributed by atoms with Gasteiger partial charge in [0.25, 0.3) is 5.56 Å². The van der Waals surface area contributed by atoms with Crippen molar-refractivity contribution in [1.29, 1.82) is 0 Å². The van der Waals surface area contributed by atoms with Crippen LogP contribution in [0.1, 0.15) is 12.5 Å². The zero-order valence-corrected chi connectivity index (χ0v) is 18.1. The van der Waals surface area contributed by atoms with Gasteiger partial charge in [0, 0.05) is 25.9 Å². The minimum Gasteiger partial charge on any atom is -0.279 e. The van der Waals surface area contributed by atoms with Gasteiger partial charge in [-0.05, 0) is 24.1 Å². The van der Waals surface area contributed by atoms with Crippen molar-refractivity contribution >= 4 is 28.5 Å². The first-order chi connectivity index (χ1) is 14.9. The lowest BCUT2D eigenvalue weighted by Crippen LogP contribution is -2.37. The van der Waals surface area contributed by atoms with Gasteiger partial charge in [-0.25, -0.2) is 4.79 Å². The Labute approximate surface area is 182 Å². The molecule has 3 heterocycles. The van der Waals surface area contributed by atoms with Crippen molar-refractivity contribution in [2.45, 2.75) is 13.3 Å². The Balaban J connectivity index is 1.95. The van der Waals surface area contributed by atoms with E-state index in [1.807, 2.05) is 35.0 Å². The molecule has 3 aromatic heterocycles. The molecule has 5 aromatic rings. The normalized spacial score (nSPS) is 11.6. The highest BCUT2D eigenvalue weighted by Gasteiger charge is 2.22. The van der Waals surface area contributed by atoms with Crippen LogP contribution in [-0.2, 0) is 20.5 Å². The van der Waals surface area contributed by atoms with Crippen molar-refractivity contribution in [3.05, 3.63) is 86.2 Å². The summed E-state index contributed by atoms with van der Waals surface area (Å²) in [6.07, 6.45) is 2.82. The summed E-state index contributed by atoms with van der Waals surface area (Å²) in [7, 11) is 3.08. The Morgan fingerprint density at radius 3 is 2.35 bits per heavy atom. The second-order valence-corrected chi connectivity index (χ2v) is 7.92. The molecule has 0 unspecified atom stereocenters. The molecule has 0 radical (unpaired) electrons. The minimum absolute atomic E-state index is 0.330. The molecule has 5 rings (SSSR count). The zero-order chi connectivity index (χ0) is 21.9. The van der Waals surface area contributed by atoms with Crippen molar-refractivity contribution in [3.8, 4) is 16.9 Å². The fraction of sp³-hybridized carbons (Fsp3) is 0.174. The lowest BCUT2D eigenvalue weighted by atomic mass is 10.1. The van der Waals surface area contributed by atoms with Crippen LogP contribution in [0.2, 0.25) is 5.02 Å². The van der Waals surface area contributed by atoms with Crippen molar-refractivity contribution in [2.75, 3.05) is 0 Å². The van der Waals surface area contributed by atoms with E-state index in [2.05, 4.69) is 31.2 Å². The van der Waals surface area contributed by atoms with E-state index in [1.54, 1.807) is 11.4 Å². The SMILES string of the molecule is CCc1ccc(-c2cn3c4c(=O)n(C)c(=O)n(C)c4nc3n2-c2ccccc2Cl)cc1. The summed E-state index contributed by atoms with van der Waals surface area (Å²) in [5.41, 5.74) is 3.65. The molecule has 0 atom stereocenters. The summed E-state index contributed by atoms with van der Waals surface area (Å²) in [4.78, 5) is 30.1. The molecule has 0 aliphatic heterocycles. The van der Waals surface area contributed by atoms with E-state index >= 15 is 0 Å². The predicted octanol–water partition coefficient (Wildman–Crippen LogP) is 3.56. The first-order valence-corrected chi connectivity index (χ1v) is 10.3. The lowest BCUT2D eigenvalue weighted by molar-refractivity contribution is 0.708. The van der Waals surface area contributed by atoms with E-state index in [0.717, 1.165) is 27.9 Å². The van der Waals surface area contributed by atoms with Crippen molar-refractivity contribution < 1.29 is 0 Å². The molecule has 0 aliphatic carbocycles. The first-order valence-electron chi connectivity index (χ1n) is 9.96. The number of halogens is 1. The highest BCUT2D eigenvalue weighted by Crippen LogP contribution is 2.32. The Morgan fingerprint density at radius 2 is 1.68 bits per heavy atom. The van der Waals surface area contributed by atoms with Gasteiger partial charge in [0.05, 0.1) is 16.4 Å². The number of fused-ring (bicyclic) bond motifs is 3. The molecule has 0 saturated heterocycles. The third-order valence-electron chi connectivity index (χ3n) is 5.72. The van der Waals surface area contributed by atoms with Crippen molar-refractivity contribution in [1.82, 2.24) is 23.1 Å². The number of nitrogens with zero attached hydrogens (tertiary/aromatic N) is 5. The lowest BCUT2D eigenvalue weighted by Gasteiger charge is -2.11. The van der Waals surface area contributed by atoms with Gasteiger partial charge in [-0.15, -0.1) is 0 Å². The number of hydrogen-bond donors (Lipinski definition) is 0. The predicted molar refractivity (Wildman–Crippen MR) is 122 cm³/mol. The summed E-state index contributed by atoms with van der Waals surface area (Å²) >= 11 is 6.56. The second kappa shape index (κ2) is 6.99. The average Bonchev–Trinajstić information content (AvgIpc) is 3.33. The molecule has 0 aliphatic rings. The Morgan fingerprint density at radius 1 is 0.968 bits per heavy atom. The van der Waals surface area contributed by atoms with E-state index in [9.17, 15) is 9.59 Å². The highest BCUT2D eigenvalue weighted by atomic mass is 35.5. The van der Waals surface area contributed by atoms with Gasteiger partial charge < -0.3 is 0 Å². The van der Waals surface area contributed by atoms with Gasteiger partial charge in [0.15, 0.2) is 11.2 Å². The number of rotatable bonds is 3. The minimum atomic E-state index is -0.419. The number of imidazole rings is 2. The van der Waals surface area contributed by atoms with Crippen LogP contribution in [-0.4, -0.2) is 23.1 Å². The molecule has 156 valence electrons. The van der Waals surface area contributed by atoms with E-state index in [-0.39, 0.29) is 0 Å². The number of para-hydroxylation sites is 1. The van der Waals surface area contributed by atoms with Gasteiger partial charge in [-0.1, -0.05) is 54.9 Å². The van der Waals surface area contributed by atoms with Crippen LogP contribution in [0, 0.1) is 0 Å². The topological polar surface area (TPSA) is 66.2 Å². The van der Waals surface area contributed by atoms with Crippen LogP contribution in [0.3, 0.4) is 0 Å². The first kappa shape index (κ1) is 19.4. The van der Waals surface area contributed by atoms with Gasteiger partial charge in [-0.2, -0.15) is 4.98 Å². The molecule has 0 spiro atoms. The van der Waals surface area contributed by atoms with Gasteiger partial charge >= 0.3 is 5.69 Å². The average molecular weight is 434 g/mol. The fourth-order valence-corrected chi connectivity index (χ4v) is 4.18. The largest absolute Gasteiger partial charge is 0.332 e. The smallest absolute Gasteiger partial charge is 0.279 e. The van der Waals surface area contributed by atoms with Crippen LogP contribution in [0.5, 0.6) is 0 Å². The summed E-state index contributed by atoms with van der Waals surface area (Å²) in [5.74, 6) is 0.510. The standard InChI is InChI=1S/C23H20ClN5O2/c1-4-14-9-11-15(12-10-14)18-13-28-19-20(26(2)23(31)27(3)21(19)30)25-22(28)29(18)17-8-6-5-7-16(17)24/h5-13H,4H2,1-3H3. The van der Waals surface area contributed by atoms with Crippen molar-refractivity contribution in [3.63, 3.8) is 0 Å². The molecule has 2 aromatic carbocycles. The molecule has 0 N–H and O–H groups in total. The maximum Gasteiger partial charge on any atom is 0.332 e. The van der Waals surface area contributed by atoms with E-state index in [0.29, 0.717) is 22.0 Å². The van der Waals surface area contributed by atoms with Crippen LogP contribution in [0.4, 0.5) is 0 Å². The van der Waals surface area contributed by atoms with E-state index in [1.165, 1.54) is 17.2 Å². The molecule has 31 heavy (non-hydrogen) atoms. The quantitative estimate of drug-likeness (QED) is 0.437. The van der Waals surface area contributed by atoms with Gasteiger partial charge in [0.2, 0.25) is 5.78 Å². The van der Waals surface area contributed by atoms with Crippen molar-refractivity contribution in [2.24, 2.45) is 14.1 Å². The summed E-state index contributed by atoms with van der Waals surface area (Å²) in [6, 6.07) is 15.8. The maximum absolute atomic E-state index is 13.0. The zero-order valence-electron chi connectivity index (χ0n) is 17.3. The van der Waals surface area contributed by atoms with Crippen LogP contribution >= 0.6 is 11.6 Å². The summed E-state index contributed by atoms with van der Waals surface area (Å²) in [5, 5.41) is 0.556. The van der Waals surface area contributed by atoms with Crippen LogP contribution in [0.25, 0.3) is 33.9 Å². The second-order valence-electron chi connectivity index (χ2n) is 7.51. The molecular weight excluding hydrogens is 414 g/mol. The monoisotopic (exact) mass is 433 g/mol. The number of hydrogen-bond acceptors (Lipinski definition) is 3. The number of aromatic nitrogens is 5. The Bertz CT molecular complexity index is 1590. The summed E-state index contributed by atoms with van der Waals surface area (Å²) in [6.45, 7) is 2.11. The number of aryl methyl sites for hydroxylation is 2. The molecule has 0 amide bonds. The molecule has 7 nitrogen and oxygen atoms in total. The molecule has 0 fully saturated rings. The molecule has 8 heteroatoms. The van der Waals surface area contributed by atoms with E-state index < -0.39 is 11.2 Å². The van der Waals surface area contributed by atoms with Crippen LogP contribution in [0.15, 0.2) is 64.3 Å². The third-order valence-corrected chi connectivity index (χ3v) is 6.04. The highest BCUT2D eigenvalue weighted by molar-refractivity contribution is 6.32. The molecule has 0 saturated carbocycles. The Kier molecular flexibility index (Phi) is 4.37. The third kappa shape index (κ3) is 2.77. The van der Waals surface area contributed by atoms with Crippen LogP contribution < -0.4 is 11.2 Å². The van der Waals surface area contributed by atoms with Gasteiger partial charge in [0.1, 0.15) is 0 Å². The number of benzene rings is 2. The van der Waals surface area contributed by atoms with Gasteiger partial charge in [-0.3, -0.25) is 22.9 Å². The van der Waals surface area contributed by atoms with E-state index in [4.69, 9.17) is 16.6 Å². The molecular formula is C23H20ClN5O2. The summed E-state index contributed by atoms with van der Waals surface area (Å²) < 4.78 is 6.14.